The van der Waals surface area contributed by atoms with Crippen molar-refractivity contribution in [2.45, 2.75) is 46.2 Å². The highest BCUT2D eigenvalue weighted by atomic mass is 16.2. The van der Waals surface area contributed by atoms with Gasteiger partial charge in [-0.15, -0.1) is 0 Å². The average molecular weight is 234 g/mol. The maximum absolute atomic E-state index is 11.7. The summed E-state index contributed by atoms with van der Waals surface area (Å²) in [6.07, 6.45) is 1.03. The molecule has 2 N–H and O–H groups in total. The van der Waals surface area contributed by atoms with Crippen LogP contribution in [0.25, 0.3) is 0 Å². The summed E-state index contributed by atoms with van der Waals surface area (Å²) in [6, 6.07) is 8.14. The van der Waals surface area contributed by atoms with Gasteiger partial charge in [-0.3, -0.25) is 4.79 Å². The van der Waals surface area contributed by atoms with Crippen molar-refractivity contribution in [1.29, 1.82) is 0 Å². The van der Waals surface area contributed by atoms with Gasteiger partial charge in [-0.2, -0.15) is 0 Å². The summed E-state index contributed by atoms with van der Waals surface area (Å²) in [7, 11) is 0. The number of carbonyl (C=O) groups excluding carboxylic acids is 1. The van der Waals surface area contributed by atoms with Crippen LogP contribution >= 0.6 is 0 Å². The predicted molar refractivity (Wildman–Crippen MR) is 72.2 cm³/mol. The van der Waals surface area contributed by atoms with E-state index in [2.05, 4.69) is 29.7 Å². The molecule has 1 amide bonds. The fourth-order valence-electron chi connectivity index (χ4n) is 1.56. The second kappa shape index (κ2) is 6.28. The summed E-state index contributed by atoms with van der Waals surface area (Å²) in [6.45, 7) is 7.91. The highest BCUT2D eigenvalue weighted by Crippen LogP contribution is 2.11. The van der Waals surface area contributed by atoms with Crippen molar-refractivity contribution >= 4 is 11.6 Å². The number of benzene rings is 1. The smallest absolute Gasteiger partial charge is 0.242 e. The molecular weight excluding hydrogens is 212 g/mol. The number of hydrogen-bond acceptors (Lipinski definition) is 2. The number of hydrogen-bond donors (Lipinski definition) is 2. The second-order valence-corrected chi connectivity index (χ2v) is 4.58. The number of rotatable bonds is 5. The van der Waals surface area contributed by atoms with E-state index >= 15 is 0 Å². The van der Waals surface area contributed by atoms with Gasteiger partial charge in [-0.1, -0.05) is 19.1 Å². The van der Waals surface area contributed by atoms with Crippen LogP contribution in [0.4, 0.5) is 5.69 Å². The molecule has 1 rings (SSSR count). The third-order valence-electron chi connectivity index (χ3n) is 2.57. The third kappa shape index (κ3) is 4.47. The van der Waals surface area contributed by atoms with E-state index < -0.39 is 0 Å². The Labute approximate surface area is 104 Å². The molecule has 1 aromatic carbocycles. The van der Waals surface area contributed by atoms with E-state index in [1.54, 1.807) is 0 Å². The van der Waals surface area contributed by atoms with Crippen LogP contribution in [0.2, 0.25) is 0 Å². The van der Waals surface area contributed by atoms with Gasteiger partial charge in [0.15, 0.2) is 0 Å². The Hall–Kier alpha value is -1.51. The molecule has 0 aromatic heterocycles. The minimum absolute atomic E-state index is 0.0274. The van der Waals surface area contributed by atoms with E-state index in [1.807, 2.05) is 32.9 Å². The zero-order chi connectivity index (χ0) is 12.8. The normalized spacial score (nSPS) is 12.3. The van der Waals surface area contributed by atoms with Gasteiger partial charge < -0.3 is 10.6 Å². The number of amides is 1. The van der Waals surface area contributed by atoms with Crippen molar-refractivity contribution < 1.29 is 4.79 Å². The van der Waals surface area contributed by atoms with Crippen LogP contribution in [-0.2, 0) is 11.2 Å². The van der Waals surface area contributed by atoms with Crippen molar-refractivity contribution in [2.75, 3.05) is 5.32 Å². The molecule has 1 aromatic rings. The van der Waals surface area contributed by atoms with Crippen LogP contribution in [0.3, 0.4) is 0 Å². The Morgan fingerprint density at radius 1 is 1.18 bits per heavy atom. The minimum Gasteiger partial charge on any atom is -0.374 e. The molecule has 0 saturated heterocycles. The predicted octanol–water partition coefficient (Wildman–Crippen LogP) is 2.57. The van der Waals surface area contributed by atoms with Crippen LogP contribution in [0.1, 0.15) is 33.3 Å². The Balaban J connectivity index is 2.55. The van der Waals surface area contributed by atoms with Gasteiger partial charge in [-0.25, -0.2) is 0 Å². The van der Waals surface area contributed by atoms with E-state index in [9.17, 15) is 4.79 Å². The SMILES string of the molecule is CCc1ccc(NC(C)C(=O)NC(C)C)cc1. The second-order valence-electron chi connectivity index (χ2n) is 4.58. The first kappa shape index (κ1) is 13.6. The molecule has 3 heteroatoms. The molecule has 17 heavy (non-hydrogen) atoms. The fraction of sp³-hybridized carbons (Fsp3) is 0.500. The number of aryl methyl sites for hydroxylation is 1. The monoisotopic (exact) mass is 234 g/mol. The fourth-order valence-corrected chi connectivity index (χ4v) is 1.56. The molecule has 3 nitrogen and oxygen atoms in total. The Morgan fingerprint density at radius 3 is 2.24 bits per heavy atom. The summed E-state index contributed by atoms with van der Waals surface area (Å²) >= 11 is 0. The topological polar surface area (TPSA) is 41.1 Å². The zero-order valence-electron chi connectivity index (χ0n) is 11.1. The molecule has 0 spiro atoms. The van der Waals surface area contributed by atoms with Crippen molar-refractivity contribution in [1.82, 2.24) is 5.32 Å². The Kier molecular flexibility index (Phi) is 5.01. The van der Waals surface area contributed by atoms with E-state index in [0.29, 0.717) is 0 Å². The summed E-state index contributed by atoms with van der Waals surface area (Å²) in [5.74, 6) is 0.0274. The third-order valence-corrected chi connectivity index (χ3v) is 2.57. The molecular formula is C14H22N2O. The standard InChI is InChI=1S/C14H22N2O/c1-5-12-6-8-13(9-7-12)16-11(4)14(17)15-10(2)3/h6-11,16H,5H2,1-4H3,(H,15,17). The summed E-state index contributed by atoms with van der Waals surface area (Å²) in [5.41, 5.74) is 2.28. The van der Waals surface area contributed by atoms with Crippen LogP contribution in [0.5, 0.6) is 0 Å². The van der Waals surface area contributed by atoms with Gasteiger partial charge in [0.05, 0.1) is 0 Å². The van der Waals surface area contributed by atoms with Gasteiger partial charge in [0.25, 0.3) is 0 Å². The van der Waals surface area contributed by atoms with Crippen LogP contribution in [-0.4, -0.2) is 18.0 Å². The lowest BCUT2D eigenvalue weighted by Gasteiger charge is -2.17. The zero-order valence-corrected chi connectivity index (χ0v) is 11.1. The lowest BCUT2D eigenvalue weighted by molar-refractivity contribution is -0.122. The Morgan fingerprint density at radius 2 is 1.76 bits per heavy atom. The highest BCUT2D eigenvalue weighted by Gasteiger charge is 2.12. The van der Waals surface area contributed by atoms with E-state index in [4.69, 9.17) is 0 Å². The molecule has 0 bridgehead atoms. The number of nitrogens with one attached hydrogen (secondary N) is 2. The first-order valence-electron chi connectivity index (χ1n) is 6.18. The van der Waals surface area contributed by atoms with Crippen molar-refractivity contribution in [2.24, 2.45) is 0 Å². The maximum Gasteiger partial charge on any atom is 0.242 e. The van der Waals surface area contributed by atoms with Crippen molar-refractivity contribution in [3.8, 4) is 0 Å². The maximum atomic E-state index is 11.7. The quantitative estimate of drug-likeness (QED) is 0.822. The molecule has 0 radical (unpaired) electrons. The minimum atomic E-state index is -0.218. The molecule has 1 atom stereocenters. The van der Waals surface area contributed by atoms with Crippen molar-refractivity contribution in [3.05, 3.63) is 29.8 Å². The molecule has 1 unspecified atom stereocenters. The van der Waals surface area contributed by atoms with Crippen molar-refractivity contribution in [3.63, 3.8) is 0 Å². The Bertz CT molecular complexity index is 357. The van der Waals surface area contributed by atoms with E-state index in [-0.39, 0.29) is 18.0 Å². The molecule has 94 valence electrons. The van der Waals surface area contributed by atoms with Gasteiger partial charge >= 0.3 is 0 Å². The average Bonchev–Trinajstić information content (AvgIpc) is 2.29. The molecule has 0 fully saturated rings. The molecule has 0 saturated carbocycles. The van der Waals surface area contributed by atoms with Gasteiger partial charge in [0.2, 0.25) is 5.91 Å². The van der Waals surface area contributed by atoms with E-state index in [1.165, 1.54) is 5.56 Å². The van der Waals surface area contributed by atoms with Gasteiger partial charge in [0.1, 0.15) is 6.04 Å². The number of carbonyl (C=O) groups is 1. The highest BCUT2D eigenvalue weighted by molar-refractivity contribution is 5.84. The lowest BCUT2D eigenvalue weighted by Crippen LogP contribution is -2.40. The number of anilines is 1. The first-order chi connectivity index (χ1) is 8.02. The molecule has 0 aliphatic rings. The van der Waals surface area contributed by atoms with Crippen LogP contribution in [0.15, 0.2) is 24.3 Å². The van der Waals surface area contributed by atoms with Crippen LogP contribution < -0.4 is 10.6 Å². The summed E-state index contributed by atoms with van der Waals surface area (Å²) < 4.78 is 0. The lowest BCUT2D eigenvalue weighted by atomic mass is 10.1. The largest absolute Gasteiger partial charge is 0.374 e. The molecule has 0 aliphatic heterocycles. The van der Waals surface area contributed by atoms with Gasteiger partial charge in [-0.05, 0) is 44.9 Å². The molecule has 0 heterocycles. The summed E-state index contributed by atoms with van der Waals surface area (Å²) in [5, 5.41) is 6.07. The first-order valence-corrected chi connectivity index (χ1v) is 6.18. The van der Waals surface area contributed by atoms with E-state index in [0.717, 1.165) is 12.1 Å². The van der Waals surface area contributed by atoms with Crippen LogP contribution in [0, 0.1) is 0 Å². The summed E-state index contributed by atoms with van der Waals surface area (Å²) in [4.78, 5) is 11.7. The molecule has 0 aliphatic carbocycles. The van der Waals surface area contributed by atoms with Gasteiger partial charge in [0, 0.05) is 11.7 Å².